The Labute approximate surface area is 113 Å². The molecule has 0 saturated heterocycles. The molecular weight excluding hydrogens is 238 g/mol. The third-order valence-electron chi connectivity index (χ3n) is 3.73. The van der Waals surface area contributed by atoms with E-state index in [1.54, 1.807) is 0 Å². The SMILES string of the molecule is CCCN(CC1CC1)c1nc2ccccn2c1CO. The molecule has 0 bridgehead atoms. The highest BCUT2D eigenvalue weighted by Gasteiger charge is 2.26. The van der Waals surface area contributed by atoms with Crippen LogP contribution in [-0.2, 0) is 6.61 Å². The Morgan fingerprint density at radius 3 is 2.95 bits per heavy atom. The lowest BCUT2D eigenvalue weighted by Crippen LogP contribution is -2.28. The van der Waals surface area contributed by atoms with Gasteiger partial charge in [0.15, 0.2) is 5.82 Å². The van der Waals surface area contributed by atoms with Crippen LogP contribution in [0.4, 0.5) is 5.82 Å². The van der Waals surface area contributed by atoms with Gasteiger partial charge >= 0.3 is 0 Å². The average molecular weight is 259 g/mol. The normalized spacial score (nSPS) is 15.1. The fraction of sp³-hybridized carbons (Fsp3) is 0.533. The van der Waals surface area contributed by atoms with Crippen molar-refractivity contribution in [3.05, 3.63) is 30.1 Å². The quantitative estimate of drug-likeness (QED) is 0.866. The average Bonchev–Trinajstić information content (AvgIpc) is 3.16. The van der Waals surface area contributed by atoms with Crippen molar-refractivity contribution < 1.29 is 5.11 Å². The maximum Gasteiger partial charge on any atom is 0.153 e. The van der Waals surface area contributed by atoms with E-state index in [1.165, 1.54) is 12.8 Å². The molecule has 2 aromatic heterocycles. The lowest BCUT2D eigenvalue weighted by molar-refractivity contribution is 0.276. The second kappa shape index (κ2) is 5.21. The van der Waals surface area contributed by atoms with Crippen LogP contribution in [0.3, 0.4) is 0 Å². The summed E-state index contributed by atoms with van der Waals surface area (Å²) in [6.45, 7) is 4.30. The van der Waals surface area contributed by atoms with E-state index < -0.39 is 0 Å². The van der Waals surface area contributed by atoms with Crippen molar-refractivity contribution in [1.82, 2.24) is 9.38 Å². The fourth-order valence-electron chi connectivity index (χ4n) is 2.60. The number of hydrogen-bond acceptors (Lipinski definition) is 3. The first-order valence-corrected chi connectivity index (χ1v) is 7.15. The topological polar surface area (TPSA) is 40.8 Å². The second-order valence-corrected chi connectivity index (χ2v) is 5.36. The van der Waals surface area contributed by atoms with Gasteiger partial charge < -0.3 is 10.0 Å². The Kier molecular flexibility index (Phi) is 3.42. The van der Waals surface area contributed by atoms with Crippen LogP contribution in [0.1, 0.15) is 31.9 Å². The minimum Gasteiger partial charge on any atom is -0.390 e. The van der Waals surface area contributed by atoms with E-state index in [4.69, 9.17) is 4.98 Å². The number of nitrogens with zero attached hydrogens (tertiary/aromatic N) is 3. The van der Waals surface area contributed by atoms with Crippen LogP contribution < -0.4 is 4.90 Å². The van der Waals surface area contributed by atoms with Gasteiger partial charge in [-0.1, -0.05) is 13.0 Å². The summed E-state index contributed by atoms with van der Waals surface area (Å²) >= 11 is 0. The Bertz CT molecular complexity index is 560. The molecule has 0 amide bonds. The van der Waals surface area contributed by atoms with E-state index in [9.17, 15) is 5.11 Å². The van der Waals surface area contributed by atoms with Crippen molar-refractivity contribution in [3.63, 3.8) is 0 Å². The first-order valence-electron chi connectivity index (χ1n) is 7.15. The summed E-state index contributed by atoms with van der Waals surface area (Å²) in [5.74, 6) is 1.78. The van der Waals surface area contributed by atoms with Gasteiger partial charge in [-0.05, 0) is 37.3 Å². The number of fused-ring (bicyclic) bond motifs is 1. The predicted octanol–water partition coefficient (Wildman–Crippen LogP) is 2.45. The molecule has 2 aromatic rings. The van der Waals surface area contributed by atoms with Gasteiger partial charge in [-0.2, -0.15) is 0 Å². The van der Waals surface area contributed by atoms with Crippen molar-refractivity contribution in [2.24, 2.45) is 5.92 Å². The van der Waals surface area contributed by atoms with Gasteiger partial charge in [0.2, 0.25) is 0 Å². The Morgan fingerprint density at radius 2 is 2.26 bits per heavy atom. The van der Waals surface area contributed by atoms with Crippen molar-refractivity contribution in [2.75, 3.05) is 18.0 Å². The highest BCUT2D eigenvalue weighted by atomic mass is 16.3. The third-order valence-corrected chi connectivity index (χ3v) is 3.73. The molecule has 1 fully saturated rings. The number of rotatable bonds is 6. The lowest BCUT2D eigenvalue weighted by atomic mass is 10.3. The molecule has 1 N–H and O–H groups in total. The number of pyridine rings is 1. The van der Waals surface area contributed by atoms with E-state index >= 15 is 0 Å². The van der Waals surface area contributed by atoms with E-state index in [0.717, 1.165) is 42.6 Å². The van der Waals surface area contributed by atoms with Crippen molar-refractivity contribution in [1.29, 1.82) is 0 Å². The van der Waals surface area contributed by atoms with Crippen LogP contribution in [0.2, 0.25) is 0 Å². The minimum atomic E-state index is 0.0331. The molecule has 1 aliphatic carbocycles. The largest absolute Gasteiger partial charge is 0.390 e. The maximum atomic E-state index is 9.68. The lowest BCUT2D eigenvalue weighted by Gasteiger charge is -2.22. The summed E-state index contributed by atoms with van der Waals surface area (Å²) in [4.78, 5) is 7.06. The van der Waals surface area contributed by atoms with Gasteiger partial charge in [0.25, 0.3) is 0 Å². The van der Waals surface area contributed by atoms with Crippen LogP contribution in [0, 0.1) is 5.92 Å². The zero-order chi connectivity index (χ0) is 13.2. The molecule has 1 saturated carbocycles. The highest BCUT2D eigenvalue weighted by Crippen LogP contribution is 2.32. The predicted molar refractivity (Wildman–Crippen MR) is 76.3 cm³/mol. The van der Waals surface area contributed by atoms with Crippen molar-refractivity contribution >= 4 is 11.5 Å². The van der Waals surface area contributed by atoms with Crippen LogP contribution in [0.15, 0.2) is 24.4 Å². The van der Waals surface area contributed by atoms with Gasteiger partial charge in [-0.25, -0.2) is 4.98 Å². The molecule has 0 spiro atoms. The van der Waals surface area contributed by atoms with Crippen LogP contribution in [0.25, 0.3) is 5.65 Å². The van der Waals surface area contributed by atoms with E-state index in [1.807, 2.05) is 28.8 Å². The molecule has 0 aliphatic heterocycles. The van der Waals surface area contributed by atoms with Gasteiger partial charge in [-0.15, -0.1) is 0 Å². The molecule has 0 atom stereocenters. The fourth-order valence-corrected chi connectivity index (χ4v) is 2.60. The Balaban J connectivity index is 2.00. The zero-order valence-electron chi connectivity index (χ0n) is 11.4. The third kappa shape index (κ3) is 2.45. The number of aromatic nitrogens is 2. The number of anilines is 1. The Morgan fingerprint density at radius 1 is 1.42 bits per heavy atom. The summed E-state index contributed by atoms with van der Waals surface area (Å²) < 4.78 is 1.99. The highest BCUT2D eigenvalue weighted by molar-refractivity contribution is 5.55. The monoisotopic (exact) mass is 259 g/mol. The standard InChI is InChI=1S/C15H21N3O/c1-2-8-17(10-12-6-7-12)15-13(11-19)18-9-4-3-5-14(18)16-15/h3-5,9,12,19H,2,6-8,10-11H2,1H3. The molecule has 1 aliphatic rings. The molecule has 102 valence electrons. The second-order valence-electron chi connectivity index (χ2n) is 5.36. The van der Waals surface area contributed by atoms with Gasteiger partial charge in [0.05, 0.1) is 12.3 Å². The van der Waals surface area contributed by atoms with Gasteiger partial charge in [0, 0.05) is 19.3 Å². The van der Waals surface area contributed by atoms with Crippen LogP contribution in [-0.4, -0.2) is 27.6 Å². The number of hydrogen-bond donors (Lipinski definition) is 1. The van der Waals surface area contributed by atoms with Crippen LogP contribution >= 0.6 is 0 Å². The molecule has 0 unspecified atom stereocenters. The smallest absolute Gasteiger partial charge is 0.153 e. The first-order chi connectivity index (χ1) is 9.33. The van der Waals surface area contributed by atoms with Crippen molar-refractivity contribution in [2.45, 2.75) is 32.8 Å². The van der Waals surface area contributed by atoms with Crippen LogP contribution in [0.5, 0.6) is 0 Å². The van der Waals surface area contributed by atoms with E-state index in [-0.39, 0.29) is 6.61 Å². The Hall–Kier alpha value is -1.55. The first kappa shape index (κ1) is 12.5. The number of aliphatic hydroxyl groups is 1. The summed E-state index contributed by atoms with van der Waals surface area (Å²) in [5.41, 5.74) is 1.82. The summed E-state index contributed by atoms with van der Waals surface area (Å²) in [5, 5.41) is 9.68. The molecular formula is C15H21N3O. The van der Waals surface area contributed by atoms with E-state index in [0.29, 0.717) is 0 Å². The van der Waals surface area contributed by atoms with Crippen molar-refractivity contribution in [3.8, 4) is 0 Å². The van der Waals surface area contributed by atoms with E-state index in [2.05, 4.69) is 11.8 Å². The molecule has 4 nitrogen and oxygen atoms in total. The van der Waals surface area contributed by atoms with Gasteiger partial charge in [-0.3, -0.25) is 4.40 Å². The molecule has 19 heavy (non-hydrogen) atoms. The van der Waals surface area contributed by atoms with Gasteiger partial charge in [0.1, 0.15) is 5.65 Å². The number of imidazole rings is 1. The summed E-state index contributed by atoms with van der Waals surface area (Å²) in [6, 6.07) is 5.95. The maximum absolute atomic E-state index is 9.68. The molecule has 0 radical (unpaired) electrons. The zero-order valence-corrected chi connectivity index (χ0v) is 11.4. The summed E-state index contributed by atoms with van der Waals surface area (Å²) in [7, 11) is 0. The molecule has 0 aromatic carbocycles. The number of aliphatic hydroxyl groups excluding tert-OH is 1. The molecule has 3 rings (SSSR count). The minimum absolute atomic E-state index is 0.0331. The summed E-state index contributed by atoms with van der Waals surface area (Å²) in [6.07, 6.45) is 5.74. The molecule has 4 heteroatoms. The molecule has 2 heterocycles.